The van der Waals surface area contributed by atoms with Gasteiger partial charge in [-0.05, 0) is 53.9 Å². The number of hydrogen-bond donors (Lipinski definition) is 1. The summed E-state index contributed by atoms with van der Waals surface area (Å²) in [5, 5.41) is 3.34. The van der Waals surface area contributed by atoms with Gasteiger partial charge in [0.1, 0.15) is 5.82 Å². The predicted octanol–water partition coefficient (Wildman–Crippen LogP) is 3.57. The van der Waals surface area contributed by atoms with E-state index in [1.54, 1.807) is 6.07 Å². The maximum Gasteiger partial charge on any atom is 0.139 e. The van der Waals surface area contributed by atoms with Crippen molar-refractivity contribution in [3.05, 3.63) is 28.5 Å². The number of ether oxygens (including phenoxy) is 1. The van der Waals surface area contributed by atoms with Gasteiger partial charge in [-0.15, -0.1) is 0 Å². The van der Waals surface area contributed by atoms with Crippen LogP contribution in [0.1, 0.15) is 19.8 Å². The normalized spacial score (nSPS) is 25.4. The SMILES string of the molecule is CC1CC(Nc2ccc(Br)c(F)c2)CCO1. The highest BCUT2D eigenvalue weighted by Crippen LogP contribution is 2.22. The molecule has 0 spiro atoms. The first kappa shape index (κ1) is 11.9. The molecule has 0 radical (unpaired) electrons. The van der Waals surface area contributed by atoms with Crippen LogP contribution in [0.4, 0.5) is 10.1 Å². The second-order valence-corrected chi connectivity index (χ2v) is 5.03. The van der Waals surface area contributed by atoms with E-state index < -0.39 is 0 Å². The molecule has 0 aromatic heterocycles. The zero-order valence-electron chi connectivity index (χ0n) is 9.17. The van der Waals surface area contributed by atoms with Gasteiger partial charge in [0, 0.05) is 18.3 Å². The molecule has 2 rings (SSSR count). The molecule has 0 bridgehead atoms. The lowest BCUT2D eigenvalue weighted by molar-refractivity contribution is 0.0232. The number of anilines is 1. The van der Waals surface area contributed by atoms with E-state index in [1.807, 2.05) is 6.07 Å². The van der Waals surface area contributed by atoms with Crippen LogP contribution in [0.5, 0.6) is 0 Å². The Balaban J connectivity index is 2.00. The molecule has 1 aromatic carbocycles. The number of nitrogens with one attached hydrogen (secondary N) is 1. The van der Waals surface area contributed by atoms with E-state index in [1.165, 1.54) is 6.07 Å². The van der Waals surface area contributed by atoms with Crippen LogP contribution in [0.3, 0.4) is 0 Å². The summed E-state index contributed by atoms with van der Waals surface area (Å²) >= 11 is 3.14. The number of rotatable bonds is 2. The van der Waals surface area contributed by atoms with Crippen molar-refractivity contribution in [1.29, 1.82) is 0 Å². The summed E-state index contributed by atoms with van der Waals surface area (Å²) in [4.78, 5) is 0. The van der Waals surface area contributed by atoms with E-state index in [-0.39, 0.29) is 11.9 Å². The van der Waals surface area contributed by atoms with Crippen LogP contribution in [0.15, 0.2) is 22.7 Å². The second kappa shape index (κ2) is 5.15. The summed E-state index contributed by atoms with van der Waals surface area (Å²) < 4.78 is 19.3. The van der Waals surface area contributed by atoms with Crippen LogP contribution >= 0.6 is 15.9 Å². The first-order chi connectivity index (χ1) is 7.65. The molecule has 4 heteroatoms. The third-order valence-electron chi connectivity index (χ3n) is 2.78. The average molecular weight is 288 g/mol. The highest BCUT2D eigenvalue weighted by molar-refractivity contribution is 9.10. The molecule has 1 aliphatic rings. The fourth-order valence-electron chi connectivity index (χ4n) is 1.95. The summed E-state index contributed by atoms with van der Waals surface area (Å²) in [5.74, 6) is -0.231. The Labute approximate surface area is 103 Å². The largest absolute Gasteiger partial charge is 0.382 e. The van der Waals surface area contributed by atoms with Crippen molar-refractivity contribution in [2.75, 3.05) is 11.9 Å². The van der Waals surface area contributed by atoms with Gasteiger partial charge < -0.3 is 10.1 Å². The molecule has 1 fully saturated rings. The minimum Gasteiger partial charge on any atom is -0.382 e. The van der Waals surface area contributed by atoms with Crippen molar-refractivity contribution >= 4 is 21.6 Å². The average Bonchev–Trinajstić information content (AvgIpc) is 2.24. The standard InChI is InChI=1S/C12H15BrFNO/c1-8-6-10(4-5-16-8)15-9-2-3-11(13)12(14)7-9/h2-3,7-8,10,15H,4-6H2,1H3. The van der Waals surface area contributed by atoms with Gasteiger partial charge in [0.05, 0.1) is 10.6 Å². The van der Waals surface area contributed by atoms with Gasteiger partial charge in [-0.25, -0.2) is 4.39 Å². The van der Waals surface area contributed by atoms with E-state index in [2.05, 4.69) is 28.2 Å². The summed E-state index contributed by atoms with van der Waals surface area (Å²) in [5.41, 5.74) is 0.833. The summed E-state index contributed by atoms with van der Waals surface area (Å²) in [6, 6.07) is 5.50. The van der Waals surface area contributed by atoms with Crippen molar-refractivity contribution in [1.82, 2.24) is 0 Å². The Morgan fingerprint density at radius 2 is 2.31 bits per heavy atom. The molecule has 2 atom stereocenters. The van der Waals surface area contributed by atoms with Gasteiger partial charge in [0.15, 0.2) is 0 Å². The molecule has 88 valence electrons. The molecule has 1 heterocycles. The van der Waals surface area contributed by atoms with Gasteiger partial charge in [-0.2, -0.15) is 0 Å². The van der Waals surface area contributed by atoms with Crippen molar-refractivity contribution in [3.8, 4) is 0 Å². The maximum absolute atomic E-state index is 13.3. The summed E-state index contributed by atoms with van der Waals surface area (Å²) in [7, 11) is 0. The molecule has 1 aliphatic heterocycles. The fraction of sp³-hybridized carbons (Fsp3) is 0.500. The van der Waals surface area contributed by atoms with Gasteiger partial charge >= 0.3 is 0 Å². The van der Waals surface area contributed by atoms with E-state index in [9.17, 15) is 4.39 Å². The predicted molar refractivity (Wildman–Crippen MR) is 66.2 cm³/mol. The van der Waals surface area contributed by atoms with E-state index in [0.717, 1.165) is 25.1 Å². The van der Waals surface area contributed by atoms with Crippen LogP contribution in [0.2, 0.25) is 0 Å². The number of halogens is 2. The molecule has 0 saturated carbocycles. The van der Waals surface area contributed by atoms with Crippen molar-refractivity contribution in [3.63, 3.8) is 0 Å². The molecular formula is C12H15BrFNO. The smallest absolute Gasteiger partial charge is 0.139 e. The molecule has 16 heavy (non-hydrogen) atoms. The monoisotopic (exact) mass is 287 g/mol. The van der Waals surface area contributed by atoms with Gasteiger partial charge in [0.25, 0.3) is 0 Å². The van der Waals surface area contributed by atoms with E-state index in [0.29, 0.717) is 10.5 Å². The molecule has 1 aromatic rings. The first-order valence-corrected chi connectivity index (χ1v) is 6.27. The minimum atomic E-state index is -0.231. The van der Waals surface area contributed by atoms with Crippen LogP contribution in [-0.2, 0) is 4.74 Å². The van der Waals surface area contributed by atoms with Crippen LogP contribution in [0, 0.1) is 5.82 Å². The van der Waals surface area contributed by atoms with Crippen molar-refractivity contribution in [2.45, 2.75) is 31.9 Å². The third kappa shape index (κ3) is 2.95. The van der Waals surface area contributed by atoms with Gasteiger partial charge in [-0.3, -0.25) is 0 Å². The highest BCUT2D eigenvalue weighted by atomic mass is 79.9. The lowest BCUT2D eigenvalue weighted by Crippen LogP contribution is -2.32. The van der Waals surface area contributed by atoms with Crippen molar-refractivity contribution < 1.29 is 9.13 Å². The van der Waals surface area contributed by atoms with Crippen LogP contribution in [-0.4, -0.2) is 18.8 Å². The Bertz CT molecular complexity index is 372. The van der Waals surface area contributed by atoms with Gasteiger partial charge in [-0.1, -0.05) is 0 Å². The fourth-order valence-corrected chi connectivity index (χ4v) is 2.20. The molecule has 1 saturated heterocycles. The molecular weight excluding hydrogens is 273 g/mol. The van der Waals surface area contributed by atoms with Crippen LogP contribution < -0.4 is 5.32 Å². The first-order valence-electron chi connectivity index (χ1n) is 5.48. The number of hydrogen-bond acceptors (Lipinski definition) is 2. The Kier molecular flexibility index (Phi) is 3.82. The maximum atomic E-state index is 13.3. The third-order valence-corrected chi connectivity index (χ3v) is 3.42. The van der Waals surface area contributed by atoms with Gasteiger partial charge in [0.2, 0.25) is 0 Å². The van der Waals surface area contributed by atoms with E-state index >= 15 is 0 Å². The summed E-state index contributed by atoms with van der Waals surface area (Å²) in [6.07, 6.45) is 2.23. The van der Waals surface area contributed by atoms with Crippen LogP contribution in [0.25, 0.3) is 0 Å². The molecule has 2 unspecified atom stereocenters. The van der Waals surface area contributed by atoms with Crippen molar-refractivity contribution in [2.24, 2.45) is 0 Å². The Hall–Kier alpha value is -0.610. The lowest BCUT2D eigenvalue weighted by Gasteiger charge is -2.28. The zero-order chi connectivity index (χ0) is 11.5. The van der Waals surface area contributed by atoms with E-state index in [4.69, 9.17) is 4.74 Å². The second-order valence-electron chi connectivity index (χ2n) is 4.18. The molecule has 0 aliphatic carbocycles. The lowest BCUT2D eigenvalue weighted by atomic mass is 10.0. The molecule has 1 N–H and O–H groups in total. The highest BCUT2D eigenvalue weighted by Gasteiger charge is 2.19. The topological polar surface area (TPSA) is 21.3 Å². The summed E-state index contributed by atoms with van der Waals surface area (Å²) in [6.45, 7) is 2.84. The number of benzene rings is 1. The quantitative estimate of drug-likeness (QED) is 0.898. The Morgan fingerprint density at radius 1 is 1.50 bits per heavy atom. The molecule has 0 amide bonds. The minimum absolute atomic E-state index is 0.231. The molecule has 2 nitrogen and oxygen atoms in total. The zero-order valence-corrected chi connectivity index (χ0v) is 10.8. The Morgan fingerprint density at radius 3 is 3.00 bits per heavy atom.